The predicted molar refractivity (Wildman–Crippen MR) is 100 cm³/mol. The molecule has 1 unspecified atom stereocenters. The molecular weight excluding hydrogens is 343 g/mol. The van der Waals surface area contributed by atoms with Crippen LogP contribution in [-0.2, 0) is 19.6 Å². The molecule has 0 bridgehead atoms. The highest BCUT2D eigenvalue weighted by Gasteiger charge is 2.26. The van der Waals surface area contributed by atoms with Gasteiger partial charge in [0.05, 0.1) is 0 Å². The van der Waals surface area contributed by atoms with Crippen molar-refractivity contribution in [1.82, 2.24) is 19.8 Å². The van der Waals surface area contributed by atoms with E-state index in [1.54, 1.807) is 18.3 Å². The van der Waals surface area contributed by atoms with E-state index in [2.05, 4.69) is 38.1 Å². The predicted octanol–water partition coefficient (Wildman–Crippen LogP) is 2.84. The lowest BCUT2D eigenvalue weighted by Crippen LogP contribution is -2.48. The highest BCUT2D eigenvalue weighted by molar-refractivity contribution is 5.94. The Bertz CT molecular complexity index is 925. The minimum Gasteiger partial charge on any atom is -0.350 e. The maximum Gasteiger partial charge on any atom is 0.251 e. The summed E-state index contributed by atoms with van der Waals surface area (Å²) in [6.07, 6.45) is 5.70. The largest absolute Gasteiger partial charge is 0.350 e. The van der Waals surface area contributed by atoms with Crippen LogP contribution in [0.3, 0.4) is 0 Å². The fourth-order valence-electron chi connectivity index (χ4n) is 3.50. The Kier molecular flexibility index (Phi) is 4.98. The van der Waals surface area contributed by atoms with Gasteiger partial charge in [-0.05, 0) is 42.0 Å². The van der Waals surface area contributed by atoms with Crippen LogP contribution in [0.1, 0.15) is 21.6 Å². The van der Waals surface area contributed by atoms with E-state index in [0.717, 1.165) is 25.2 Å². The number of nitrogens with one attached hydrogen (secondary N) is 1. The number of halogens is 1. The van der Waals surface area contributed by atoms with E-state index in [1.165, 1.54) is 17.8 Å². The Hall–Kier alpha value is -2.99. The normalized spacial score (nSPS) is 16.7. The van der Waals surface area contributed by atoms with Crippen LogP contribution < -0.4 is 5.32 Å². The molecule has 27 heavy (non-hydrogen) atoms. The minimum atomic E-state index is -0.407. The zero-order valence-corrected chi connectivity index (χ0v) is 14.9. The summed E-state index contributed by atoms with van der Waals surface area (Å²) in [5.41, 5.74) is 2.73. The maximum absolute atomic E-state index is 13.4. The van der Waals surface area contributed by atoms with Crippen molar-refractivity contribution in [3.8, 4) is 0 Å². The third kappa shape index (κ3) is 4.06. The second-order valence-electron chi connectivity index (χ2n) is 6.79. The van der Waals surface area contributed by atoms with Gasteiger partial charge in [-0.2, -0.15) is 0 Å². The zero-order chi connectivity index (χ0) is 18.6. The van der Waals surface area contributed by atoms with Gasteiger partial charge in [0.25, 0.3) is 5.91 Å². The summed E-state index contributed by atoms with van der Waals surface area (Å²) >= 11 is 0. The number of pyridine rings is 1. The van der Waals surface area contributed by atoms with Crippen molar-refractivity contribution in [3.63, 3.8) is 0 Å². The number of nitrogens with zero attached hydrogens (tertiary/aromatic N) is 3. The van der Waals surface area contributed by atoms with Crippen LogP contribution in [0.5, 0.6) is 0 Å². The molecule has 0 spiro atoms. The molecule has 1 atom stereocenters. The van der Waals surface area contributed by atoms with Crippen molar-refractivity contribution in [3.05, 3.63) is 89.8 Å². The van der Waals surface area contributed by atoms with Crippen molar-refractivity contribution in [2.24, 2.45) is 0 Å². The summed E-state index contributed by atoms with van der Waals surface area (Å²) in [5, 5.41) is 2.96. The van der Waals surface area contributed by atoms with Gasteiger partial charge in [0, 0.05) is 62.1 Å². The van der Waals surface area contributed by atoms with Crippen LogP contribution in [0.25, 0.3) is 0 Å². The fraction of sp³-hybridized carbons (Fsp3) is 0.238. The average molecular weight is 364 g/mol. The molecule has 0 fully saturated rings. The average Bonchev–Trinajstić information content (AvgIpc) is 3.14. The Morgan fingerprint density at radius 2 is 2.15 bits per heavy atom. The summed E-state index contributed by atoms with van der Waals surface area (Å²) in [6, 6.07) is 14.1. The molecule has 138 valence electrons. The molecule has 0 radical (unpaired) electrons. The van der Waals surface area contributed by atoms with Gasteiger partial charge in [-0.3, -0.25) is 14.7 Å². The van der Waals surface area contributed by atoms with Gasteiger partial charge in [0.2, 0.25) is 0 Å². The first-order valence-corrected chi connectivity index (χ1v) is 9.00. The summed E-state index contributed by atoms with van der Waals surface area (Å²) in [4.78, 5) is 18.9. The van der Waals surface area contributed by atoms with Crippen molar-refractivity contribution in [1.29, 1.82) is 0 Å². The molecule has 1 N–H and O–H groups in total. The Morgan fingerprint density at radius 3 is 2.96 bits per heavy atom. The van der Waals surface area contributed by atoms with E-state index in [0.29, 0.717) is 12.1 Å². The maximum atomic E-state index is 13.4. The van der Waals surface area contributed by atoms with Gasteiger partial charge in [-0.1, -0.05) is 12.1 Å². The van der Waals surface area contributed by atoms with Crippen LogP contribution in [0.4, 0.5) is 4.39 Å². The number of aromatic nitrogens is 2. The van der Waals surface area contributed by atoms with Crippen molar-refractivity contribution in [2.75, 3.05) is 6.54 Å². The van der Waals surface area contributed by atoms with E-state index in [4.69, 9.17) is 0 Å². The standard InChI is InChI=1S/C21H21FN4O/c22-18-6-1-5-17(10-18)21(27)24-12-20-15-25-9-3-7-19(25)14-26(20)13-16-4-2-8-23-11-16/h1-11,20H,12-15H2,(H,24,27). The number of benzene rings is 1. The number of carbonyl (C=O) groups is 1. The van der Waals surface area contributed by atoms with Crippen LogP contribution in [-0.4, -0.2) is 32.9 Å². The summed E-state index contributed by atoms with van der Waals surface area (Å²) in [5.74, 6) is -0.662. The van der Waals surface area contributed by atoms with E-state index in [-0.39, 0.29) is 11.9 Å². The minimum absolute atomic E-state index is 0.141. The van der Waals surface area contributed by atoms with Gasteiger partial charge in [0.15, 0.2) is 0 Å². The Labute approximate surface area is 157 Å². The number of hydrogen-bond acceptors (Lipinski definition) is 3. The molecule has 3 aromatic rings. The van der Waals surface area contributed by atoms with Gasteiger partial charge in [0.1, 0.15) is 5.82 Å². The number of amides is 1. The lowest BCUT2D eigenvalue weighted by molar-refractivity contribution is 0.0898. The number of fused-ring (bicyclic) bond motifs is 1. The van der Waals surface area contributed by atoms with Crippen LogP contribution in [0.15, 0.2) is 67.1 Å². The molecule has 0 saturated carbocycles. The molecule has 0 aliphatic carbocycles. The monoisotopic (exact) mass is 364 g/mol. The van der Waals surface area contributed by atoms with Gasteiger partial charge < -0.3 is 9.88 Å². The zero-order valence-electron chi connectivity index (χ0n) is 14.9. The Morgan fingerprint density at radius 1 is 1.22 bits per heavy atom. The van der Waals surface area contributed by atoms with E-state index >= 15 is 0 Å². The quantitative estimate of drug-likeness (QED) is 0.757. The number of rotatable bonds is 5. The molecule has 3 heterocycles. The first kappa shape index (κ1) is 17.4. The van der Waals surface area contributed by atoms with Gasteiger partial charge in [-0.15, -0.1) is 0 Å². The highest BCUT2D eigenvalue weighted by Crippen LogP contribution is 2.20. The van der Waals surface area contributed by atoms with Crippen LogP contribution in [0, 0.1) is 5.82 Å². The molecule has 2 aromatic heterocycles. The summed E-state index contributed by atoms with van der Waals surface area (Å²) < 4.78 is 15.6. The Balaban J connectivity index is 1.47. The second kappa shape index (κ2) is 7.72. The van der Waals surface area contributed by atoms with E-state index in [1.807, 2.05) is 18.3 Å². The first-order chi connectivity index (χ1) is 13.2. The molecule has 0 saturated heterocycles. The molecule has 5 nitrogen and oxygen atoms in total. The highest BCUT2D eigenvalue weighted by atomic mass is 19.1. The molecule has 6 heteroatoms. The molecule has 1 aliphatic rings. The summed E-state index contributed by atoms with van der Waals surface area (Å²) in [7, 11) is 0. The van der Waals surface area contributed by atoms with Crippen LogP contribution in [0.2, 0.25) is 0 Å². The lowest BCUT2D eigenvalue weighted by atomic mass is 10.1. The second-order valence-corrected chi connectivity index (χ2v) is 6.79. The molecule has 4 rings (SSSR count). The van der Waals surface area contributed by atoms with Crippen LogP contribution >= 0.6 is 0 Å². The van der Waals surface area contributed by atoms with Crippen molar-refractivity contribution >= 4 is 5.91 Å². The molecule has 1 aromatic carbocycles. The number of carbonyl (C=O) groups excluding carboxylic acids is 1. The van der Waals surface area contributed by atoms with Gasteiger partial charge in [-0.25, -0.2) is 4.39 Å². The third-order valence-electron chi connectivity index (χ3n) is 4.91. The van der Waals surface area contributed by atoms with E-state index in [9.17, 15) is 9.18 Å². The third-order valence-corrected chi connectivity index (χ3v) is 4.91. The topological polar surface area (TPSA) is 50.2 Å². The number of hydrogen-bond donors (Lipinski definition) is 1. The molecular formula is C21H21FN4O. The summed E-state index contributed by atoms with van der Waals surface area (Å²) in [6.45, 7) is 2.86. The first-order valence-electron chi connectivity index (χ1n) is 9.00. The smallest absolute Gasteiger partial charge is 0.251 e. The van der Waals surface area contributed by atoms with Gasteiger partial charge >= 0.3 is 0 Å². The fourth-order valence-corrected chi connectivity index (χ4v) is 3.50. The van der Waals surface area contributed by atoms with Crippen molar-refractivity contribution in [2.45, 2.75) is 25.7 Å². The van der Waals surface area contributed by atoms with Crippen molar-refractivity contribution < 1.29 is 9.18 Å². The lowest BCUT2D eigenvalue weighted by Gasteiger charge is -2.37. The molecule has 1 amide bonds. The molecule has 1 aliphatic heterocycles. The SMILES string of the molecule is O=C(NCC1Cn2cccc2CN1Cc1cccnc1)c1cccc(F)c1. The van der Waals surface area contributed by atoms with E-state index < -0.39 is 5.82 Å².